The van der Waals surface area contributed by atoms with E-state index in [1.165, 1.54) is 13.2 Å². The van der Waals surface area contributed by atoms with E-state index >= 15 is 0 Å². The molecular formula is C18H18ClNO6. The minimum atomic E-state index is -0.726. The van der Waals surface area contributed by atoms with Crippen LogP contribution < -0.4 is 0 Å². The van der Waals surface area contributed by atoms with Gasteiger partial charge in [0, 0.05) is 11.6 Å². The summed E-state index contributed by atoms with van der Waals surface area (Å²) in [6.45, 7) is 0.679. The average molecular weight is 380 g/mol. The third-order valence-corrected chi connectivity index (χ3v) is 5.38. The van der Waals surface area contributed by atoms with Gasteiger partial charge in [-0.15, -0.1) is 0 Å². The highest BCUT2D eigenvalue weighted by atomic mass is 35.5. The maximum Gasteiger partial charge on any atom is 0.359 e. The Morgan fingerprint density at radius 1 is 1.31 bits per heavy atom. The van der Waals surface area contributed by atoms with Crippen molar-refractivity contribution in [2.24, 2.45) is 0 Å². The summed E-state index contributed by atoms with van der Waals surface area (Å²) < 4.78 is 10.9. The fourth-order valence-electron chi connectivity index (χ4n) is 3.87. The smallest absolute Gasteiger partial charge is 0.359 e. The van der Waals surface area contributed by atoms with E-state index < -0.39 is 30.2 Å². The third kappa shape index (κ3) is 2.86. The second-order valence-electron chi connectivity index (χ2n) is 6.44. The molecule has 0 aliphatic carbocycles. The standard InChI is InChI=1S/C18H18ClNO6/c1-23-13-9-14(21)24-16(13)15(10-5-2-3-6-11(10)19)17-20-8-4-7-12(20)18(22)26-25-17/h2-3,5-6,9,12,15-17H,4,7-8H2,1H3/t12-,15?,16?,17?/m0/s1. The van der Waals surface area contributed by atoms with Crippen molar-refractivity contribution in [3.05, 3.63) is 46.7 Å². The van der Waals surface area contributed by atoms with Crippen LogP contribution in [0.5, 0.6) is 0 Å². The fraction of sp³-hybridized carbons (Fsp3) is 0.444. The minimum absolute atomic E-state index is 0.370. The first-order valence-electron chi connectivity index (χ1n) is 8.43. The highest BCUT2D eigenvalue weighted by molar-refractivity contribution is 6.31. The summed E-state index contributed by atoms with van der Waals surface area (Å²) in [6.07, 6.45) is 1.49. The second kappa shape index (κ2) is 6.90. The summed E-state index contributed by atoms with van der Waals surface area (Å²) in [5.74, 6) is -1.02. The Kier molecular flexibility index (Phi) is 4.60. The number of nitrogens with zero attached hydrogens (tertiary/aromatic N) is 1. The summed E-state index contributed by atoms with van der Waals surface area (Å²) in [6, 6.07) is 6.89. The molecule has 2 fully saturated rings. The van der Waals surface area contributed by atoms with Crippen molar-refractivity contribution < 1.29 is 28.8 Å². The van der Waals surface area contributed by atoms with Crippen LogP contribution in [0.4, 0.5) is 0 Å². The molecule has 0 saturated carbocycles. The molecule has 138 valence electrons. The average Bonchev–Trinajstić information content (AvgIpc) is 3.26. The molecule has 4 atom stereocenters. The number of benzene rings is 1. The summed E-state index contributed by atoms with van der Waals surface area (Å²) in [4.78, 5) is 36.2. The van der Waals surface area contributed by atoms with Gasteiger partial charge in [0.05, 0.1) is 19.1 Å². The number of carbonyl (C=O) groups excluding carboxylic acids is 2. The Morgan fingerprint density at radius 3 is 2.88 bits per heavy atom. The van der Waals surface area contributed by atoms with E-state index in [1.54, 1.807) is 6.07 Å². The molecule has 8 heteroatoms. The normalized spacial score (nSPS) is 29.6. The van der Waals surface area contributed by atoms with Gasteiger partial charge in [0.25, 0.3) is 0 Å². The number of fused-ring (bicyclic) bond motifs is 1. The van der Waals surface area contributed by atoms with Crippen molar-refractivity contribution in [3.8, 4) is 0 Å². The lowest BCUT2D eigenvalue weighted by molar-refractivity contribution is -0.357. The Morgan fingerprint density at radius 2 is 2.12 bits per heavy atom. The zero-order valence-electron chi connectivity index (χ0n) is 14.1. The van der Waals surface area contributed by atoms with Gasteiger partial charge in [-0.25, -0.2) is 9.59 Å². The van der Waals surface area contributed by atoms with E-state index in [2.05, 4.69) is 0 Å². The molecule has 3 aliphatic heterocycles. The topological polar surface area (TPSA) is 74.3 Å². The molecular weight excluding hydrogens is 362 g/mol. The molecule has 0 N–H and O–H groups in total. The Hall–Kier alpha value is -2.09. The molecule has 0 radical (unpaired) electrons. The lowest BCUT2D eigenvalue weighted by atomic mass is 9.89. The lowest BCUT2D eigenvalue weighted by Crippen LogP contribution is -2.54. The van der Waals surface area contributed by atoms with Crippen molar-refractivity contribution in [2.75, 3.05) is 13.7 Å². The summed E-state index contributed by atoms with van der Waals surface area (Å²) in [7, 11) is 1.48. The summed E-state index contributed by atoms with van der Waals surface area (Å²) in [5, 5.41) is 0.507. The third-order valence-electron chi connectivity index (χ3n) is 5.04. The zero-order chi connectivity index (χ0) is 18.3. The van der Waals surface area contributed by atoms with Gasteiger partial charge in [0.1, 0.15) is 11.8 Å². The summed E-state index contributed by atoms with van der Waals surface area (Å²) >= 11 is 6.43. The Bertz CT molecular complexity index is 766. The Labute approximate surface area is 155 Å². The van der Waals surface area contributed by atoms with Crippen molar-refractivity contribution in [3.63, 3.8) is 0 Å². The van der Waals surface area contributed by atoms with Crippen LogP contribution >= 0.6 is 11.6 Å². The highest BCUT2D eigenvalue weighted by Crippen LogP contribution is 2.42. The fourth-order valence-corrected chi connectivity index (χ4v) is 4.13. The number of esters is 1. The van der Waals surface area contributed by atoms with E-state index in [9.17, 15) is 9.59 Å². The number of carbonyl (C=O) groups is 2. The quantitative estimate of drug-likeness (QED) is 0.586. The number of ether oxygens (including phenoxy) is 2. The van der Waals surface area contributed by atoms with Crippen LogP contribution in [-0.2, 0) is 28.8 Å². The van der Waals surface area contributed by atoms with Gasteiger partial charge in [0.15, 0.2) is 12.3 Å². The predicted octanol–water partition coefficient (Wildman–Crippen LogP) is 2.16. The molecule has 4 rings (SSSR count). The van der Waals surface area contributed by atoms with Crippen molar-refractivity contribution in [1.82, 2.24) is 4.90 Å². The number of halogens is 1. The zero-order valence-corrected chi connectivity index (χ0v) is 14.8. The molecule has 1 aromatic rings. The van der Waals surface area contributed by atoms with Gasteiger partial charge in [0.2, 0.25) is 0 Å². The number of rotatable bonds is 4. The molecule has 0 spiro atoms. The van der Waals surface area contributed by atoms with Gasteiger partial charge in [-0.1, -0.05) is 29.8 Å². The molecule has 2 saturated heterocycles. The molecule has 3 unspecified atom stereocenters. The minimum Gasteiger partial charge on any atom is -0.497 e. The molecule has 0 aromatic heterocycles. The largest absolute Gasteiger partial charge is 0.497 e. The maximum absolute atomic E-state index is 12.0. The monoisotopic (exact) mass is 379 g/mol. The first-order valence-corrected chi connectivity index (χ1v) is 8.81. The van der Waals surface area contributed by atoms with Crippen molar-refractivity contribution >= 4 is 23.5 Å². The molecule has 26 heavy (non-hydrogen) atoms. The molecule has 7 nitrogen and oxygen atoms in total. The maximum atomic E-state index is 12.0. The van der Waals surface area contributed by atoms with Gasteiger partial charge in [-0.05, 0) is 24.5 Å². The number of hydrogen-bond acceptors (Lipinski definition) is 7. The van der Waals surface area contributed by atoms with Gasteiger partial charge >= 0.3 is 11.9 Å². The molecule has 0 bridgehead atoms. The van der Waals surface area contributed by atoms with Gasteiger partial charge < -0.3 is 9.47 Å². The van der Waals surface area contributed by atoms with Crippen molar-refractivity contribution in [1.29, 1.82) is 0 Å². The van der Waals surface area contributed by atoms with E-state index in [4.69, 9.17) is 30.8 Å². The van der Waals surface area contributed by atoms with Crippen LogP contribution in [0.1, 0.15) is 24.3 Å². The molecule has 3 aliphatic rings. The van der Waals surface area contributed by atoms with E-state index in [1.807, 2.05) is 23.1 Å². The van der Waals surface area contributed by atoms with Gasteiger partial charge in [-0.3, -0.25) is 9.79 Å². The summed E-state index contributed by atoms with van der Waals surface area (Å²) in [5.41, 5.74) is 0.727. The van der Waals surface area contributed by atoms with Crippen LogP contribution in [0, 0.1) is 0 Å². The Balaban J connectivity index is 1.76. The van der Waals surface area contributed by atoms with E-state index in [-0.39, 0.29) is 6.04 Å². The second-order valence-corrected chi connectivity index (χ2v) is 6.85. The number of hydrogen-bond donors (Lipinski definition) is 0. The van der Waals surface area contributed by atoms with E-state index in [0.717, 1.165) is 12.0 Å². The number of methoxy groups -OCH3 is 1. The van der Waals surface area contributed by atoms with Crippen LogP contribution in [-0.4, -0.2) is 48.9 Å². The highest BCUT2D eigenvalue weighted by Gasteiger charge is 2.51. The van der Waals surface area contributed by atoms with Crippen molar-refractivity contribution in [2.45, 2.75) is 37.1 Å². The van der Waals surface area contributed by atoms with Crippen LogP contribution in [0.15, 0.2) is 36.1 Å². The first kappa shape index (κ1) is 17.3. The van der Waals surface area contributed by atoms with E-state index in [0.29, 0.717) is 23.7 Å². The lowest BCUT2D eigenvalue weighted by Gasteiger charge is -2.40. The van der Waals surface area contributed by atoms with Crippen LogP contribution in [0.3, 0.4) is 0 Å². The molecule has 1 aromatic carbocycles. The molecule has 0 amide bonds. The predicted molar refractivity (Wildman–Crippen MR) is 89.9 cm³/mol. The van der Waals surface area contributed by atoms with Gasteiger partial charge in [-0.2, -0.15) is 4.89 Å². The first-order chi connectivity index (χ1) is 12.6. The SMILES string of the molecule is COC1=CC(=O)OC1C(c1ccccc1Cl)C1OOC(=O)[C@@H]2CCCN12. The molecule has 3 heterocycles. The number of cyclic esters (lactones) is 1. The van der Waals surface area contributed by atoms with Crippen LogP contribution in [0.2, 0.25) is 5.02 Å². The van der Waals surface area contributed by atoms with Crippen LogP contribution in [0.25, 0.3) is 0 Å².